The fourth-order valence-electron chi connectivity index (χ4n) is 1.67. The van der Waals surface area contributed by atoms with Crippen LogP contribution >= 0.6 is 0 Å². The monoisotopic (exact) mass is 317 g/mol. The molecule has 0 amide bonds. The number of hydrogen-bond donors (Lipinski definition) is 2. The molecule has 0 atom stereocenters. The first-order chi connectivity index (χ1) is 9.92. The van der Waals surface area contributed by atoms with Crippen LogP contribution in [0, 0.1) is 10.1 Å². The van der Waals surface area contributed by atoms with E-state index in [0.717, 1.165) is 12.6 Å². The van der Waals surface area contributed by atoms with E-state index < -0.39 is 20.6 Å². The number of benzene rings is 1. The maximum Gasteiger partial charge on any atom is 0.293 e. The third-order valence-electron chi connectivity index (χ3n) is 2.72. The highest BCUT2D eigenvalue weighted by molar-refractivity contribution is 7.89. The first-order valence-corrected chi connectivity index (χ1v) is 7.93. The maximum absolute atomic E-state index is 12.1. The minimum Gasteiger partial charge on any atom is -0.497 e. The molecule has 0 aromatic heterocycles. The van der Waals surface area contributed by atoms with Gasteiger partial charge in [0, 0.05) is 6.54 Å². The molecule has 0 fully saturated rings. The zero-order valence-corrected chi connectivity index (χ0v) is 12.8. The van der Waals surface area contributed by atoms with E-state index in [1.165, 1.54) is 19.2 Å². The highest BCUT2D eigenvalue weighted by Crippen LogP contribution is 2.28. The summed E-state index contributed by atoms with van der Waals surface area (Å²) in [7, 11) is -2.57. The minimum atomic E-state index is -3.92. The van der Waals surface area contributed by atoms with Gasteiger partial charge in [-0.05, 0) is 31.6 Å². The molecular formula is C12H19N3O5S. The first-order valence-electron chi connectivity index (χ1n) is 6.45. The molecule has 21 heavy (non-hydrogen) atoms. The van der Waals surface area contributed by atoms with E-state index in [2.05, 4.69) is 10.0 Å². The topological polar surface area (TPSA) is 111 Å². The van der Waals surface area contributed by atoms with Crippen LogP contribution < -0.4 is 14.8 Å². The second-order valence-corrected chi connectivity index (χ2v) is 5.93. The van der Waals surface area contributed by atoms with Gasteiger partial charge in [-0.25, -0.2) is 13.1 Å². The van der Waals surface area contributed by atoms with Crippen LogP contribution in [0.5, 0.6) is 5.75 Å². The molecule has 0 saturated heterocycles. The molecular weight excluding hydrogens is 298 g/mol. The summed E-state index contributed by atoms with van der Waals surface area (Å²) in [4.78, 5) is 9.90. The van der Waals surface area contributed by atoms with Crippen molar-refractivity contribution in [2.45, 2.75) is 18.2 Å². The maximum atomic E-state index is 12.1. The van der Waals surface area contributed by atoms with Crippen LogP contribution in [0.15, 0.2) is 23.1 Å². The van der Waals surface area contributed by atoms with Gasteiger partial charge in [0.2, 0.25) is 10.0 Å². The van der Waals surface area contributed by atoms with Gasteiger partial charge >= 0.3 is 0 Å². The van der Waals surface area contributed by atoms with Crippen molar-refractivity contribution in [1.29, 1.82) is 0 Å². The van der Waals surface area contributed by atoms with Crippen LogP contribution in [-0.4, -0.2) is 40.1 Å². The Morgan fingerprint density at radius 1 is 1.33 bits per heavy atom. The molecule has 0 unspecified atom stereocenters. The molecule has 2 N–H and O–H groups in total. The Morgan fingerprint density at radius 2 is 2.05 bits per heavy atom. The molecule has 0 aliphatic carbocycles. The van der Waals surface area contributed by atoms with E-state index in [0.29, 0.717) is 13.0 Å². The lowest BCUT2D eigenvalue weighted by atomic mass is 10.3. The molecule has 0 aliphatic heterocycles. The van der Waals surface area contributed by atoms with Gasteiger partial charge in [0.25, 0.3) is 5.69 Å². The molecule has 0 aliphatic rings. The highest BCUT2D eigenvalue weighted by atomic mass is 32.2. The number of rotatable bonds is 9. The zero-order chi connectivity index (χ0) is 15.9. The molecule has 118 valence electrons. The Morgan fingerprint density at radius 3 is 2.62 bits per heavy atom. The molecule has 0 heterocycles. The molecule has 0 spiro atoms. The van der Waals surface area contributed by atoms with Crippen LogP contribution in [0.4, 0.5) is 5.69 Å². The summed E-state index contributed by atoms with van der Waals surface area (Å²) in [6.07, 6.45) is 0.594. The minimum absolute atomic E-state index is 0.207. The Bertz CT molecular complexity index is 589. The van der Waals surface area contributed by atoms with Crippen LogP contribution in [0.2, 0.25) is 0 Å². The zero-order valence-electron chi connectivity index (χ0n) is 12.0. The summed E-state index contributed by atoms with van der Waals surface area (Å²) in [6.45, 7) is 3.63. The van der Waals surface area contributed by atoms with Gasteiger partial charge in [-0.2, -0.15) is 0 Å². The van der Waals surface area contributed by atoms with Crippen molar-refractivity contribution < 1.29 is 18.1 Å². The van der Waals surface area contributed by atoms with Crippen LogP contribution in [0.1, 0.15) is 13.3 Å². The van der Waals surface area contributed by atoms with Crippen molar-refractivity contribution in [3.8, 4) is 5.75 Å². The summed E-state index contributed by atoms with van der Waals surface area (Å²) >= 11 is 0. The number of nitrogens with one attached hydrogen (secondary N) is 2. The number of ether oxygens (including phenoxy) is 1. The summed E-state index contributed by atoms with van der Waals surface area (Å²) in [5, 5.41) is 14.1. The Hall–Kier alpha value is -1.71. The standard InChI is InChI=1S/C12H19N3O5S/c1-3-13-7-4-8-14-21(18,19)12-6-5-10(20-2)9-11(12)15(16)17/h5-6,9,13-14H,3-4,7-8H2,1-2H3. The van der Waals surface area contributed by atoms with Gasteiger partial charge in [0.1, 0.15) is 5.75 Å². The Kier molecular flexibility index (Phi) is 6.53. The number of nitro groups is 1. The van der Waals surface area contributed by atoms with Crippen LogP contribution in [0.3, 0.4) is 0 Å². The van der Waals surface area contributed by atoms with Crippen LogP contribution in [0.25, 0.3) is 0 Å². The fourth-order valence-corrected chi connectivity index (χ4v) is 2.89. The van der Waals surface area contributed by atoms with Crippen molar-refractivity contribution in [2.24, 2.45) is 0 Å². The van der Waals surface area contributed by atoms with E-state index in [4.69, 9.17) is 4.74 Å². The van der Waals surface area contributed by atoms with E-state index in [-0.39, 0.29) is 17.2 Å². The second kappa shape index (κ2) is 7.91. The van der Waals surface area contributed by atoms with Gasteiger partial charge in [0.05, 0.1) is 18.1 Å². The third-order valence-corrected chi connectivity index (χ3v) is 4.23. The van der Waals surface area contributed by atoms with Crippen molar-refractivity contribution >= 4 is 15.7 Å². The smallest absolute Gasteiger partial charge is 0.293 e. The molecule has 1 rings (SSSR count). The SMILES string of the molecule is CCNCCCNS(=O)(=O)c1ccc(OC)cc1[N+](=O)[O-]. The highest BCUT2D eigenvalue weighted by Gasteiger charge is 2.26. The summed E-state index contributed by atoms with van der Waals surface area (Å²) < 4.78 is 31.5. The van der Waals surface area contributed by atoms with Gasteiger partial charge < -0.3 is 10.1 Å². The Labute approximate surface area is 123 Å². The van der Waals surface area contributed by atoms with E-state index in [9.17, 15) is 18.5 Å². The van der Waals surface area contributed by atoms with E-state index in [1.54, 1.807) is 0 Å². The van der Waals surface area contributed by atoms with Crippen molar-refractivity contribution in [3.05, 3.63) is 28.3 Å². The van der Waals surface area contributed by atoms with Crippen molar-refractivity contribution in [3.63, 3.8) is 0 Å². The Balaban J connectivity index is 2.89. The summed E-state index contributed by atoms with van der Waals surface area (Å²) in [5.74, 6) is 0.229. The number of nitro benzene ring substituents is 1. The van der Waals surface area contributed by atoms with E-state index in [1.807, 2.05) is 6.92 Å². The molecule has 9 heteroatoms. The van der Waals surface area contributed by atoms with Gasteiger partial charge in [-0.3, -0.25) is 10.1 Å². The largest absolute Gasteiger partial charge is 0.497 e. The van der Waals surface area contributed by atoms with E-state index >= 15 is 0 Å². The first kappa shape index (κ1) is 17.3. The number of sulfonamides is 1. The molecule has 0 bridgehead atoms. The number of hydrogen-bond acceptors (Lipinski definition) is 6. The second-order valence-electron chi connectivity index (χ2n) is 4.20. The summed E-state index contributed by atoms with van der Waals surface area (Å²) in [5.41, 5.74) is -0.506. The van der Waals surface area contributed by atoms with Crippen LogP contribution in [-0.2, 0) is 10.0 Å². The third kappa shape index (κ3) is 4.96. The molecule has 1 aromatic rings. The molecule has 8 nitrogen and oxygen atoms in total. The quantitative estimate of drug-likeness (QED) is 0.397. The lowest BCUT2D eigenvalue weighted by molar-refractivity contribution is -0.387. The van der Waals surface area contributed by atoms with Crippen molar-refractivity contribution in [1.82, 2.24) is 10.0 Å². The van der Waals surface area contributed by atoms with Gasteiger partial charge in [0.15, 0.2) is 4.90 Å². The van der Waals surface area contributed by atoms with Gasteiger partial charge in [-0.1, -0.05) is 6.92 Å². The number of nitrogens with zero attached hydrogens (tertiary/aromatic N) is 1. The lowest BCUT2D eigenvalue weighted by Crippen LogP contribution is -2.28. The molecule has 0 saturated carbocycles. The fraction of sp³-hybridized carbons (Fsp3) is 0.500. The average molecular weight is 317 g/mol. The number of methoxy groups -OCH3 is 1. The van der Waals surface area contributed by atoms with Crippen molar-refractivity contribution in [2.75, 3.05) is 26.7 Å². The van der Waals surface area contributed by atoms with Gasteiger partial charge in [-0.15, -0.1) is 0 Å². The predicted molar refractivity (Wildman–Crippen MR) is 78.0 cm³/mol. The molecule has 1 aromatic carbocycles. The average Bonchev–Trinajstić information content (AvgIpc) is 2.46. The molecule has 0 radical (unpaired) electrons. The normalized spacial score (nSPS) is 11.3. The lowest BCUT2D eigenvalue weighted by Gasteiger charge is -2.08. The summed E-state index contributed by atoms with van der Waals surface area (Å²) in [6, 6.07) is 3.64. The predicted octanol–water partition coefficient (Wildman–Crippen LogP) is 0.881.